The monoisotopic (exact) mass is 195 g/mol. The first-order valence-electron chi connectivity index (χ1n) is 1.30. The van der Waals surface area contributed by atoms with Crippen molar-refractivity contribution in [1.82, 2.24) is 0 Å². The number of hydrogen-bond donors (Lipinski definition) is 2. The second-order valence-electron chi connectivity index (χ2n) is 0.771. The van der Waals surface area contributed by atoms with E-state index in [0.29, 0.717) is 0 Å². The molecule has 0 bridgehead atoms. The van der Waals surface area contributed by atoms with Crippen LogP contribution >= 0.6 is 26.4 Å². The standard InChI is InChI=1S/CH4.ClHO5P2/c;1-8(4,5)6-7(2)3/h1H4;(H-,2,3,4,5)/p+1. The van der Waals surface area contributed by atoms with E-state index in [2.05, 4.69) is 15.6 Å². The third-order valence-corrected chi connectivity index (χ3v) is 2.09. The maximum atomic E-state index is 9.78. The normalized spacial score (nSPS) is 17.4. The summed E-state index contributed by atoms with van der Waals surface area (Å²) in [6.45, 7) is -4.28. The Labute approximate surface area is 57.9 Å². The zero-order valence-corrected chi connectivity index (χ0v) is 5.94. The fourth-order valence-corrected chi connectivity index (χ4v) is 1.25. The van der Waals surface area contributed by atoms with Crippen LogP contribution < -0.4 is 0 Å². The topological polar surface area (TPSA) is 83.8 Å². The average molecular weight is 195 g/mol. The van der Waals surface area contributed by atoms with Crippen molar-refractivity contribution in [1.29, 1.82) is 0 Å². The van der Waals surface area contributed by atoms with E-state index in [4.69, 9.17) is 9.79 Å². The van der Waals surface area contributed by atoms with E-state index in [1.165, 1.54) is 0 Å². The second-order valence-corrected chi connectivity index (χ2v) is 4.08. The second kappa shape index (κ2) is 4.34. The molecule has 2 unspecified atom stereocenters. The third kappa shape index (κ3) is 11.9. The van der Waals surface area contributed by atoms with Gasteiger partial charge in [-0.1, -0.05) is 7.43 Å². The van der Waals surface area contributed by atoms with E-state index < -0.39 is 15.2 Å². The maximum absolute atomic E-state index is 9.78. The first-order chi connectivity index (χ1) is 3.42. The lowest BCUT2D eigenvalue weighted by Gasteiger charge is -1.84. The van der Waals surface area contributed by atoms with Gasteiger partial charge in [-0.2, -0.15) is 0 Å². The summed E-state index contributed by atoms with van der Waals surface area (Å²) in [5.41, 5.74) is 0. The van der Waals surface area contributed by atoms with Crippen LogP contribution in [0.25, 0.3) is 0 Å². The molecule has 0 spiro atoms. The molecule has 0 aromatic carbocycles. The van der Waals surface area contributed by atoms with Crippen molar-refractivity contribution in [3.63, 3.8) is 0 Å². The van der Waals surface area contributed by atoms with Crippen LogP contribution in [0.1, 0.15) is 7.43 Å². The first-order valence-corrected chi connectivity index (χ1v) is 4.91. The minimum absolute atomic E-state index is 0. The van der Waals surface area contributed by atoms with Crippen LogP contribution in [0.15, 0.2) is 0 Å². The molecule has 56 valence electrons. The van der Waals surface area contributed by atoms with Crippen molar-refractivity contribution in [2.24, 2.45) is 0 Å². The van der Waals surface area contributed by atoms with Crippen molar-refractivity contribution < 1.29 is 23.2 Å². The number of hydrogen-bond acceptors (Lipinski definition) is 3. The summed E-state index contributed by atoms with van der Waals surface area (Å²) in [4.78, 5) is 15.7. The van der Waals surface area contributed by atoms with Crippen molar-refractivity contribution in [2.75, 3.05) is 0 Å². The van der Waals surface area contributed by atoms with Gasteiger partial charge in [0.25, 0.3) is 0 Å². The summed E-state index contributed by atoms with van der Waals surface area (Å²) < 4.78 is 22.7. The Balaban J connectivity index is 0. The molecular formula is CH6ClO5P2+. The maximum Gasteiger partial charge on any atom is 0.704 e. The zero-order chi connectivity index (χ0) is 6.78. The van der Waals surface area contributed by atoms with Crippen LogP contribution in [0.4, 0.5) is 0 Å². The highest BCUT2D eigenvalue weighted by Crippen LogP contribution is 2.53. The van der Waals surface area contributed by atoms with Gasteiger partial charge in [0, 0.05) is 15.8 Å². The highest BCUT2D eigenvalue weighted by Gasteiger charge is 2.29. The van der Waals surface area contributed by atoms with Gasteiger partial charge < -0.3 is 4.89 Å². The highest BCUT2D eigenvalue weighted by molar-refractivity contribution is 7.83. The minimum Gasteiger partial charge on any atom is -0.310 e. The lowest BCUT2D eigenvalue weighted by molar-refractivity contribution is 0.365. The Morgan fingerprint density at radius 2 is 2.00 bits per heavy atom. The molecule has 0 heterocycles. The van der Waals surface area contributed by atoms with Crippen LogP contribution in [0.2, 0.25) is 0 Å². The molecule has 0 aliphatic carbocycles. The van der Waals surface area contributed by atoms with Crippen LogP contribution in [0.5, 0.6) is 0 Å². The Morgan fingerprint density at radius 3 is 2.00 bits per heavy atom. The van der Waals surface area contributed by atoms with E-state index in [1.54, 1.807) is 0 Å². The molecule has 0 saturated carbocycles. The number of halogens is 1. The van der Waals surface area contributed by atoms with Crippen LogP contribution in [0.3, 0.4) is 0 Å². The average Bonchev–Trinajstić information content (AvgIpc) is 1.21. The molecule has 2 atom stereocenters. The van der Waals surface area contributed by atoms with Crippen molar-refractivity contribution in [2.45, 2.75) is 7.43 Å². The van der Waals surface area contributed by atoms with E-state index in [0.717, 1.165) is 0 Å². The van der Waals surface area contributed by atoms with Crippen LogP contribution in [-0.4, -0.2) is 9.79 Å². The van der Waals surface area contributed by atoms with Gasteiger partial charge >= 0.3 is 15.2 Å². The predicted octanol–water partition coefficient (Wildman–Crippen LogP) is 1.63. The molecule has 0 radical (unpaired) electrons. The van der Waals surface area contributed by atoms with Gasteiger partial charge in [0.2, 0.25) is 0 Å². The van der Waals surface area contributed by atoms with Gasteiger partial charge in [0.05, 0.1) is 0 Å². The lowest BCUT2D eigenvalue weighted by atomic mass is 12.0. The van der Waals surface area contributed by atoms with E-state index in [9.17, 15) is 9.13 Å². The van der Waals surface area contributed by atoms with Gasteiger partial charge in [0.15, 0.2) is 0 Å². The van der Waals surface area contributed by atoms with Crippen LogP contribution in [-0.2, 0) is 13.4 Å². The fourth-order valence-electron chi connectivity index (χ4n) is 0.0862. The molecule has 0 fully saturated rings. The quantitative estimate of drug-likeness (QED) is 0.654. The molecule has 0 rings (SSSR count). The predicted molar refractivity (Wildman–Crippen MR) is 33.3 cm³/mol. The van der Waals surface area contributed by atoms with Gasteiger partial charge in [-0.3, -0.25) is 0 Å². The Bertz CT molecular complexity index is 138. The van der Waals surface area contributed by atoms with Gasteiger partial charge in [-0.05, 0) is 4.31 Å². The number of rotatable bonds is 2. The Hall–Kier alpha value is 0.500. The van der Waals surface area contributed by atoms with E-state index >= 15 is 0 Å². The van der Waals surface area contributed by atoms with Gasteiger partial charge in [0.1, 0.15) is 0 Å². The van der Waals surface area contributed by atoms with E-state index in [1.807, 2.05) is 0 Å². The largest absolute Gasteiger partial charge is 0.704 e. The smallest absolute Gasteiger partial charge is 0.310 e. The molecule has 0 saturated heterocycles. The molecule has 5 nitrogen and oxygen atoms in total. The summed E-state index contributed by atoms with van der Waals surface area (Å²) in [5, 5.41) is 0. The third-order valence-electron chi connectivity index (χ3n) is 0.171. The minimum atomic E-state index is -4.28. The van der Waals surface area contributed by atoms with Crippen molar-refractivity contribution in [3.05, 3.63) is 0 Å². The summed E-state index contributed by atoms with van der Waals surface area (Å²) in [5.74, 6) is 0. The summed E-state index contributed by atoms with van der Waals surface area (Å²) in [7, 11) is -3.08. The van der Waals surface area contributed by atoms with Crippen molar-refractivity contribution >= 4 is 26.4 Å². The fraction of sp³-hybridized carbons (Fsp3) is 1.00. The molecule has 0 aromatic heterocycles. The zero-order valence-electron chi connectivity index (χ0n) is 3.39. The van der Waals surface area contributed by atoms with Gasteiger partial charge in [-0.15, -0.1) is 4.89 Å². The first kappa shape index (κ1) is 12.2. The SMILES string of the molecule is C.O=[P+](O)OP(=O)(O)Cl. The van der Waals surface area contributed by atoms with Crippen LogP contribution in [0, 0.1) is 0 Å². The molecule has 0 amide bonds. The molecular weight excluding hydrogens is 189 g/mol. The Morgan fingerprint density at radius 1 is 1.67 bits per heavy atom. The molecule has 2 N–H and O–H groups in total. The molecule has 9 heavy (non-hydrogen) atoms. The lowest BCUT2D eigenvalue weighted by Crippen LogP contribution is -1.67. The summed E-state index contributed by atoms with van der Waals surface area (Å²) in [6, 6.07) is 0. The Kier molecular flexibility index (Phi) is 5.88. The molecule has 8 heteroatoms. The van der Waals surface area contributed by atoms with Crippen molar-refractivity contribution in [3.8, 4) is 0 Å². The molecule has 0 aromatic rings. The summed E-state index contributed by atoms with van der Waals surface area (Å²) in [6.07, 6.45) is 0. The van der Waals surface area contributed by atoms with Gasteiger partial charge in [-0.25, -0.2) is 4.57 Å². The molecule has 0 aliphatic rings. The van der Waals surface area contributed by atoms with E-state index in [-0.39, 0.29) is 7.43 Å². The molecule has 0 aliphatic heterocycles. The summed E-state index contributed by atoms with van der Waals surface area (Å²) >= 11 is 4.47. The highest BCUT2D eigenvalue weighted by atomic mass is 35.7.